The molecule has 9 heavy (non-hydrogen) atoms. The van der Waals surface area contributed by atoms with E-state index in [1.54, 1.807) is 11.1 Å². The molecule has 0 bridgehead atoms. The number of hydrogen-bond acceptors (Lipinski definition) is 1. The van der Waals surface area contributed by atoms with Gasteiger partial charge in [0.1, 0.15) is 0 Å². The van der Waals surface area contributed by atoms with Crippen molar-refractivity contribution in [3.05, 3.63) is 11.1 Å². The Morgan fingerprint density at radius 3 is 2.11 bits per heavy atom. The van der Waals surface area contributed by atoms with Gasteiger partial charge in [-0.3, -0.25) is 0 Å². The fourth-order valence-corrected chi connectivity index (χ4v) is 0.937. The lowest BCUT2D eigenvalue weighted by molar-refractivity contribution is 0.626. The van der Waals surface area contributed by atoms with Crippen LogP contribution in [0.15, 0.2) is 11.1 Å². The van der Waals surface area contributed by atoms with Crippen LogP contribution in [0, 0.1) is 5.92 Å². The van der Waals surface area contributed by atoms with Crippen LogP contribution < -0.4 is 5.32 Å². The minimum absolute atomic E-state index is 0.738. The summed E-state index contributed by atoms with van der Waals surface area (Å²) in [5.41, 5.74) is 3.19. The highest BCUT2D eigenvalue weighted by Crippen LogP contribution is 2.16. The van der Waals surface area contributed by atoms with Gasteiger partial charge in [-0.05, 0) is 18.4 Å². The lowest BCUT2D eigenvalue weighted by atomic mass is 9.96. The predicted molar refractivity (Wildman–Crippen MR) is 40.4 cm³/mol. The van der Waals surface area contributed by atoms with Gasteiger partial charge >= 0.3 is 0 Å². The molecule has 0 aromatic rings. The average molecular weight is 125 g/mol. The van der Waals surface area contributed by atoms with Crippen molar-refractivity contribution >= 4 is 0 Å². The maximum absolute atomic E-state index is 3.24. The zero-order valence-electron chi connectivity index (χ0n) is 6.49. The third-order valence-electron chi connectivity index (χ3n) is 2.10. The molecule has 1 N–H and O–H groups in total. The van der Waals surface area contributed by atoms with Gasteiger partial charge in [0, 0.05) is 13.1 Å². The molecule has 0 radical (unpaired) electrons. The van der Waals surface area contributed by atoms with Crippen LogP contribution in [0.2, 0.25) is 0 Å². The van der Waals surface area contributed by atoms with E-state index in [9.17, 15) is 0 Å². The Hall–Kier alpha value is -0.300. The van der Waals surface area contributed by atoms with Crippen LogP contribution in [-0.2, 0) is 0 Å². The Bertz CT molecular complexity index is 128. The molecule has 1 saturated heterocycles. The van der Waals surface area contributed by atoms with Gasteiger partial charge < -0.3 is 5.32 Å². The monoisotopic (exact) mass is 125 g/mol. The van der Waals surface area contributed by atoms with Gasteiger partial charge in [0.15, 0.2) is 0 Å². The first kappa shape index (κ1) is 6.81. The van der Waals surface area contributed by atoms with Crippen molar-refractivity contribution in [1.82, 2.24) is 5.32 Å². The van der Waals surface area contributed by atoms with Gasteiger partial charge in [-0.25, -0.2) is 0 Å². The summed E-state index contributed by atoms with van der Waals surface area (Å²) in [4.78, 5) is 0. The summed E-state index contributed by atoms with van der Waals surface area (Å²) in [5, 5.41) is 3.24. The van der Waals surface area contributed by atoms with Crippen molar-refractivity contribution in [2.24, 2.45) is 5.92 Å². The summed E-state index contributed by atoms with van der Waals surface area (Å²) in [5.74, 6) is 0.738. The molecule has 1 aliphatic heterocycles. The molecule has 1 nitrogen and oxygen atoms in total. The van der Waals surface area contributed by atoms with Gasteiger partial charge in [-0.1, -0.05) is 19.4 Å². The fraction of sp³-hybridized carbons (Fsp3) is 0.750. The van der Waals surface area contributed by atoms with Crippen LogP contribution >= 0.6 is 0 Å². The smallest absolute Gasteiger partial charge is 0.0183 e. The molecular formula is C8H15N. The Morgan fingerprint density at radius 1 is 1.44 bits per heavy atom. The predicted octanol–water partition coefficient (Wildman–Crippen LogP) is 1.56. The molecule has 0 amide bonds. The van der Waals surface area contributed by atoms with Crippen molar-refractivity contribution in [2.75, 3.05) is 13.1 Å². The average Bonchev–Trinajstić information content (AvgIpc) is 1.60. The Labute approximate surface area is 57.1 Å². The van der Waals surface area contributed by atoms with E-state index in [0.29, 0.717) is 0 Å². The molecule has 0 atom stereocenters. The molecule has 0 unspecified atom stereocenters. The first-order chi connectivity index (χ1) is 4.22. The molecule has 0 aromatic carbocycles. The Kier molecular flexibility index (Phi) is 1.91. The molecule has 0 spiro atoms. The quantitative estimate of drug-likeness (QED) is 0.524. The summed E-state index contributed by atoms with van der Waals surface area (Å²) in [6.07, 6.45) is 0. The van der Waals surface area contributed by atoms with E-state index in [4.69, 9.17) is 0 Å². The van der Waals surface area contributed by atoms with Crippen LogP contribution in [0.4, 0.5) is 0 Å². The van der Waals surface area contributed by atoms with E-state index in [0.717, 1.165) is 19.0 Å². The zero-order chi connectivity index (χ0) is 6.85. The molecule has 0 aliphatic carbocycles. The lowest BCUT2D eigenvalue weighted by Crippen LogP contribution is -2.35. The first-order valence-corrected chi connectivity index (χ1v) is 3.61. The second-order valence-corrected chi connectivity index (χ2v) is 3.04. The molecule has 1 rings (SSSR count). The normalized spacial score (nSPS) is 18.0. The van der Waals surface area contributed by atoms with Gasteiger partial charge in [0.05, 0.1) is 0 Å². The maximum Gasteiger partial charge on any atom is 0.0183 e. The lowest BCUT2D eigenvalue weighted by Gasteiger charge is -2.23. The summed E-state index contributed by atoms with van der Waals surface area (Å²) < 4.78 is 0. The number of rotatable bonds is 1. The molecule has 1 fully saturated rings. The SMILES string of the molecule is CC(=C1CNC1)C(C)C. The number of allylic oxidation sites excluding steroid dienone is 1. The van der Waals surface area contributed by atoms with Crippen molar-refractivity contribution in [2.45, 2.75) is 20.8 Å². The van der Waals surface area contributed by atoms with E-state index in [-0.39, 0.29) is 0 Å². The van der Waals surface area contributed by atoms with Gasteiger partial charge in [0.2, 0.25) is 0 Å². The van der Waals surface area contributed by atoms with Crippen LogP contribution in [0.1, 0.15) is 20.8 Å². The third kappa shape index (κ3) is 1.33. The van der Waals surface area contributed by atoms with Gasteiger partial charge in [-0.2, -0.15) is 0 Å². The van der Waals surface area contributed by atoms with Crippen molar-refractivity contribution in [1.29, 1.82) is 0 Å². The Morgan fingerprint density at radius 2 is 2.00 bits per heavy atom. The van der Waals surface area contributed by atoms with Crippen LogP contribution in [-0.4, -0.2) is 13.1 Å². The Balaban J connectivity index is 2.56. The second-order valence-electron chi connectivity index (χ2n) is 3.04. The zero-order valence-corrected chi connectivity index (χ0v) is 6.49. The van der Waals surface area contributed by atoms with Crippen molar-refractivity contribution < 1.29 is 0 Å². The number of nitrogens with one attached hydrogen (secondary N) is 1. The molecule has 0 aromatic heterocycles. The van der Waals surface area contributed by atoms with Gasteiger partial charge in [-0.15, -0.1) is 0 Å². The molecule has 1 heterocycles. The van der Waals surface area contributed by atoms with Crippen molar-refractivity contribution in [3.8, 4) is 0 Å². The molecule has 52 valence electrons. The summed E-state index contributed by atoms with van der Waals surface area (Å²) in [6, 6.07) is 0. The van der Waals surface area contributed by atoms with Gasteiger partial charge in [0.25, 0.3) is 0 Å². The molecule has 1 heteroatoms. The topological polar surface area (TPSA) is 12.0 Å². The van der Waals surface area contributed by atoms with E-state index >= 15 is 0 Å². The molecule has 0 saturated carbocycles. The van der Waals surface area contributed by atoms with Crippen LogP contribution in [0.5, 0.6) is 0 Å². The largest absolute Gasteiger partial charge is 0.309 e. The first-order valence-electron chi connectivity index (χ1n) is 3.61. The fourth-order valence-electron chi connectivity index (χ4n) is 0.937. The van der Waals surface area contributed by atoms with E-state index in [2.05, 4.69) is 26.1 Å². The highest BCUT2D eigenvalue weighted by Gasteiger charge is 2.11. The minimum Gasteiger partial charge on any atom is -0.309 e. The minimum atomic E-state index is 0.738. The molecular weight excluding hydrogens is 110 g/mol. The summed E-state index contributed by atoms with van der Waals surface area (Å²) in [7, 11) is 0. The third-order valence-corrected chi connectivity index (χ3v) is 2.10. The maximum atomic E-state index is 3.24. The highest BCUT2D eigenvalue weighted by atomic mass is 14.9. The summed E-state index contributed by atoms with van der Waals surface area (Å²) in [6.45, 7) is 9.00. The van der Waals surface area contributed by atoms with Crippen molar-refractivity contribution in [3.63, 3.8) is 0 Å². The van der Waals surface area contributed by atoms with E-state index in [1.165, 1.54) is 0 Å². The van der Waals surface area contributed by atoms with Crippen LogP contribution in [0.25, 0.3) is 0 Å². The molecule has 1 aliphatic rings. The van der Waals surface area contributed by atoms with E-state index in [1.807, 2.05) is 0 Å². The second kappa shape index (κ2) is 2.53. The highest BCUT2D eigenvalue weighted by molar-refractivity contribution is 5.22. The standard InChI is InChI=1S/C8H15N/c1-6(2)7(3)8-4-9-5-8/h6,9H,4-5H2,1-3H3. The van der Waals surface area contributed by atoms with E-state index < -0.39 is 0 Å². The number of hydrogen-bond donors (Lipinski definition) is 1. The summed E-state index contributed by atoms with van der Waals surface area (Å²) >= 11 is 0. The van der Waals surface area contributed by atoms with Crippen LogP contribution in [0.3, 0.4) is 0 Å².